The molecule has 1 heterocycles. The molecule has 1 saturated carbocycles. The average Bonchev–Trinajstić information content (AvgIpc) is 3.52. The highest BCUT2D eigenvalue weighted by molar-refractivity contribution is 14.0. The highest BCUT2D eigenvalue weighted by Gasteiger charge is 2.27. The maximum absolute atomic E-state index is 11.7. The highest BCUT2D eigenvalue weighted by Crippen LogP contribution is 2.30. The van der Waals surface area contributed by atoms with Crippen molar-refractivity contribution < 1.29 is 14.3 Å². The fourth-order valence-electron chi connectivity index (χ4n) is 3.28. The maximum Gasteiger partial charge on any atom is 0.308 e. The third-order valence-electron chi connectivity index (χ3n) is 5.12. The van der Waals surface area contributed by atoms with Crippen molar-refractivity contribution in [2.45, 2.75) is 32.2 Å². The van der Waals surface area contributed by atoms with Crippen LogP contribution in [0.4, 0.5) is 0 Å². The quantitative estimate of drug-likeness (QED) is 0.289. The number of guanidine groups is 1. The SMILES string of the molecule is CN=C(NCc1ccccc1OCC1CC1)N1CCC(C(=O)OC)CC1.I. The van der Waals surface area contributed by atoms with Gasteiger partial charge in [0.15, 0.2) is 5.96 Å². The summed E-state index contributed by atoms with van der Waals surface area (Å²) >= 11 is 0. The van der Waals surface area contributed by atoms with E-state index in [1.165, 1.54) is 20.0 Å². The summed E-state index contributed by atoms with van der Waals surface area (Å²) in [5.74, 6) is 2.46. The van der Waals surface area contributed by atoms with E-state index in [-0.39, 0.29) is 35.9 Å². The Morgan fingerprint density at radius 2 is 1.93 bits per heavy atom. The van der Waals surface area contributed by atoms with Gasteiger partial charge in [0.25, 0.3) is 0 Å². The Kier molecular flexibility index (Phi) is 8.66. The molecule has 1 saturated heterocycles. The molecule has 0 aromatic heterocycles. The molecule has 1 aromatic rings. The standard InChI is InChI=1S/C20H29N3O3.HI/c1-21-20(23-11-9-16(10-12-23)19(24)25-2)22-13-17-5-3-4-6-18(17)26-14-15-7-8-15;/h3-6,15-16H,7-14H2,1-2H3,(H,21,22);1H. The third kappa shape index (κ3) is 6.26. The van der Waals surface area contributed by atoms with Crippen molar-refractivity contribution in [1.29, 1.82) is 0 Å². The molecule has 2 aliphatic rings. The second-order valence-electron chi connectivity index (χ2n) is 7.05. The molecule has 0 bridgehead atoms. The fraction of sp³-hybridized carbons (Fsp3) is 0.600. The predicted molar refractivity (Wildman–Crippen MR) is 117 cm³/mol. The molecule has 0 unspecified atom stereocenters. The molecule has 6 nitrogen and oxygen atoms in total. The molecular weight excluding hydrogens is 457 g/mol. The van der Waals surface area contributed by atoms with Crippen molar-refractivity contribution in [3.63, 3.8) is 0 Å². The molecule has 1 N–H and O–H groups in total. The molecule has 1 aliphatic heterocycles. The van der Waals surface area contributed by atoms with E-state index in [0.717, 1.165) is 55.7 Å². The van der Waals surface area contributed by atoms with Gasteiger partial charge in [-0.1, -0.05) is 18.2 Å². The molecule has 0 radical (unpaired) electrons. The van der Waals surface area contributed by atoms with Gasteiger partial charge in [-0.15, -0.1) is 24.0 Å². The van der Waals surface area contributed by atoms with Gasteiger partial charge in [-0.25, -0.2) is 0 Å². The first-order valence-corrected chi connectivity index (χ1v) is 9.45. The number of ether oxygens (including phenoxy) is 2. The second-order valence-corrected chi connectivity index (χ2v) is 7.05. The summed E-state index contributed by atoms with van der Waals surface area (Å²) in [4.78, 5) is 18.3. The van der Waals surface area contributed by atoms with Crippen molar-refractivity contribution in [2.24, 2.45) is 16.8 Å². The van der Waals surface area contributed by atoms with Crippen LogP contribution in [0.5, 0.6) is 5.75 Å². The Morgan fingerprint density at radius 1 is 1.22 bits per heavy atom. The Labute approximate surface area is 178 Å². The third-order valence-corrected chi connectivity index (χ3v) is 5.12. The second kappa shape index (κ2) is 10.7. The largest absolute Gasteiger partial charge is 0.493 e. The normalized spacial score (nSPS) is 17.9. The first kappa shape index (κ1) is 21.8. The van der Waals surface area contributed by atoms with Gasteiger partial charge in [-0.05, 0) is 37.7 Å². The Hall–Kier alpha value is -1.51. The van der Waals surface area contributed by atoms with Crippen LogP contribution in [0.2, 0.25) is 0 Å². The molecule has 0 amide bonds. The number of rotatable bonds is 6. The Balaban J connectivity index is 0.00000261. The van der Waals surface area contributed by atoms with E-state index in [9.17, 15) is 4.79 Å². The summed E-state index contributed by atoms with van der Waals surface area (Å²) < 4.78 is 10.8. The molecule has 3 rings (SSSR count). The summed E-state index contributed by atoms with van der Waals surface area (Å²) in [7, 11) is 3.25. The minimum Gasteiger partial charge on any atom is -0.493 e. The van der Waals surface area contributed by atoms with Crippen LogP contribution in [0.25, 0.3) is 0 Å². The number of para-hydroxylation sites is 1. The number of benzene rings is 1. The van der Waals surface area contributed by atoms with E-state index in [4.69, 9.17) is 9.47 Å². The van der Waals surface area contributed by atoms with Gasteiger partial charge < -0.3 is 19.7 Å². The Bertz CT molecular complexity index is 641. The average molecular weight is 487 g/mol. The molecule has 7 heteroatoms. The molecule has 0 atom stereocenters. The van der Waals surface area contributed by atoms with Crippen LogP contribution < -0.4 is 10.1 Å². The number of carbonyl (C=O) groups is 1. The zero-order valence-corrected chi connectivity index (χ0v) is 18.5. The number of esters is 1. The van der Waals surface area contributed by atoms with Crippen molar-refractivity contribution in [1.82, 2.24) is 10.2 Å². The number of nitrogens with one attached hydrogen (secondary N) is 1. The number of aliphatic imine (C=N–C) groups is 1. The number of hydrogen-bond acceptors (Lipinski definition) is 4. The molecule has 1 aromatic carbocycles. The molecule has 0 spiro atoms. The van der Waals surface area contributed by atoms with Gasteiger partial charge in [-0.2, -0.15) is 0 Å². The lowest BCUT2D eigenvalue weighted by atomic mass is 9.97. The van der Waals surface area contributed by atoms with E-state index >= 15 is 0 Å². The lowest BCUT2D eigenvalue weighted by Gasteiger charge is -2.33. The van der Waals surface area contributed by atoms with Crippen molar-refractivity contribution >= 4 is 35.9 Å². The van der Waals surface area contributed by atoms with E-state index in [2.05, 4.69) is 21.3 Å². The minimum atomic E-state index is -0.102. The van der Waals surface area contributed by atoms with Crippen LogP contribution in [0, 0.1) is 11.8 Å². The molecular formula is C20H30IN3O3. The number of halogens is 1. The van der Waals surface area contributed by atoms with Crippen LogP contribution in [0.15, 0.2) is 29.3 Å². The summed E-state index contributed by atoms with van der Waals surface area (Å²) in [5.41, 5.74) is 1.14. The van der Waals surface area contributed by atoms with Crippen molar-refractivity contribution in [3.8, 4) is 5.75 Å². The van der Waals surface area contributed by atoms with Crippen LogP contribution in [0.3, 0.4) is 0 Å². The summed E-state index contributed by atoms with van der Waals surface area (Å²) in [6.45, 7) is 3.09. The predicted octanol–water partition coefficient (Wildman–Crippen LogP) is 3.05. The zero-order valence-electron chi connectivity index (χ0n) is 16.1. The van der Waals surface area contributed by atoms with Crippen LogP contribution in [-0.2, 0) is 16.1 Å². The number of nitrogens with zero attached hydrogens (tertiary/aromatic N) is 2. The summed E-state index contributed by atoms with van der Waals surface area (Å²) in [6, 6.07) is 8.17. The van der Waals surface area contributed by atoms with Crippen LogP contribution in [-0.4, -0.2) is 50.7 Å². The fourth-order valence-corrected chi connectivity index (χ4v) is 3.28. The molecule has 150 valence electrons. The van der Waals surface area contributed by atoms with E-state index in [1.54, 1.807) is 7.05 Å². The van der Waals surface area contributed by atoms with Gasteiger partial charge >= 0.3 is 5.97 Å². The van der Waals surface area contributed by atoms with Crippen LogP contribution in [0.1, 0.15) is 31.2 Å². The number of piperidine rings is 1. The van der Waals surface area contributed by atoms with Gasteiger partial charge in [0.2, 0.25) is 0 Å². The lowest BCUT2D eigenvalue weighted by Crippen LogP contribution is -2.46. The maximum atomic E-state index is 11.7. The molecule has 1 aliphatic carbocycles. The van der Waals surface area contributed by atoms with Gasteiger partial charge in [0.05, 0.1) is 19.6 Å². The minimum absolute atomic E-state index is 0. The first-order chi connectivity index (χ1) is 12.7. The number of likely N-dealkylation sites (tertiary alicyclic amines) is 1. The lowest BCUT2D eigenvalue weighted by molar-refractivity contribution is -0.146. The van der Waals surface area contributed by atoms with Crippen molar-refractivity contribution in [2.75, 3.05) is 33.9 Å². The van der Waals surface area contributed by atoms with Crippen LogP contribution >= 0.6 is 24.0 Å². The summed E-state index contributed by atoms with van der Waals surface area (Å²) in [5, 5.41) is 3.44. The monoisotopic (exact) mass is 487 g/mol. The highest BCUT2D eigenvalue weighted by atomic mass is 127. The molecule has 27 heavy (non-hydrogen) atoms. The van der Waals surface area contributed by atoms with E-state index in [1.807, 2.05) is 18.2 Å². The van der Waals surface area contributed by atoms with E-state index < -0.39 is 0 Å². The zero-order chi connectivity index (χ0) is 18.4. The van der Waals surface area contributed by atoms with Gasteiger partial charge in [0, 0.05) is 32.2 Å². The number of methoxy groups -OCH3 is 1. The Morgan fingerprint density at radius 3 is 2.56 bits per heavy atom. The summed E-state index contributed by atoms with van der Waals surface area (Å²) in [6.07, 6.45) is 4.17. The topological polar surface area (TPSA) is 63.2 Å². The molecule has 2 fully saturated rings. The number of hydrogen-bond donors (Lipinski definition) is 1. The van der Waals surface area contributed by atoms with E-state index in [0.29, 0.717) is 6.54 Å². The number of carbonyl (C=O) groups excluding carboxylic acids is 1. The van der Waals surface area contributed by atoms with Gasteiger partial charge in [-0.3, -0.25) is 9.79 Å². The van der Waals surface area contributed by atoms with Crippen molar-refractivity contribution in [3.05, 3.63) is 29.8 Å². The van der Waals surface area contributed by atoms with Gasteiger partial charge in [0.1, 0.15) is 5.75 Å². The smallest absolute Gasteiger partial charge is 0.308 e. The first-order valence-electron chi connectivity index (χ1n) is 9.45.